The van der Waals surface area contributed by atoms with E-state index < -0.39 is 6.10 Å². The highest BCUT2D eigenvalue weighted by Gasteiger charge is 2.27. The van der Waals surface area contributed by atoms with E-state index in [9.17, 15) is 5.11 Å². The van der Waals surface area contributed by atoms with Gasteiger partial charge in [0.2, 0.25) is 0 Å². The smallest absolute Gasteiger partial charge is 0.119 e. The first-order valence-corrected chi connectivity index (χ1v) is 10.3. The molecule has 1 N–H and O–H groups in total. The summed E-state index contributed by atoms with van der Waals surface area (Å²) in [7, 11) is 0. The lowest BCUT2D eigenvalue weighted by Gasteiger charge is -2.38. The average Bonchev–Trinajstić information content (AvgIpc) is 2.68. The number of nitrogens with zero attached hydrogens (tertiary/aromatic N) is 1. The zero-order valence-corrected chi connectivity index (χ0v) is 18.1. The molecule has 0 aromatic heterocycles. The number of hydrogen-bond acceptors (Lipinski definition) is 3. The predicted octanol–water partition coefficient (Wildman–Crippen LogP) is 5.27. The van der Waals surface area contributed by atoms with Gasteiger partial charge in [-0.15, -0.1) is 12.4 Å². The summed E-state index contributed by atoms with van der Waals surface area (Å²) in [6.07, 6.45) is 3.27. The number of piperidine rings is 1. The van der Waals surface area contributed by atoms with Crippen LogP contribution in [0.15, 0.2) is 54.6 Å². The highest BCUT2D eigenvalue weighted by atomic mass is 35.5. The van der Waals surface area contributed by atoms with Crippen LogP contribution in [0.1, 0.15) is 50.8 Å². The van der Waals surface area contributed by atoms with Crippen LogP contribution in [0.2, 0.25) is 0 Å². The maximum atomic E-state index is 10.8. The maximum Gasteiger partial charge on any atom is 0.119 e. The van der Waals surface area contributed by atoms with Gasteiger partial charge in [-0.25, -0.2) is 0 Å². The zero-order chi connectivity index (χ0) is 19.2. The molecule has 0 spiro atoms. The number of ether oxygens (including phenoxy) is 1. The number of halogens is 1. The number of aliphatic hydroxyl groups excluding tert-OH is 1. The molecule has 2 aromatic rings. The van der Waals surface area contributed by atoms with E-state index in [1.807, 2.05) is 38.1 Å². The third kappa shape index (κ3) is 6.23. The van der Waals surface area contributed by atoms with Crippen LogP contribution >= 0.6 is 12.4 Å². The molecule has 1 fully saturated rings. The van der Waals surface area contributed by atoms with Crippen molar-refractivity contribution < 1.29 is 9.84 Å². The van der Waals surface area contributed by atoms with Crippen LogP contribution in [0.25, 0.3) is 0 Å². The van der Waals surface area contributed by atoms with Crippen molar-refractivity contribution in [3.8, 4) is 5.75 Å². The molecule has 2 aromatic carbocycles. The normalized spacial score (nSPS) is 17.8. The van der Waals surface area contributed by atoms with Crippen molar-refractivity contribution >= 4 is 12.4 Å². The first-order chi connectivity index (χ1) is 13.0. The van der Waals surface area contributed by atoms with Gasteiger partial charge in [0.1, 0.15) is 5.75 Å². The van der Waals surface area contributed by atoms with Crippen LogP contribution in [0.4, 0.5) is 0 Å². The quantitative estimate of drug-likeness (QED) is 0.683. The fraction of sp³-hybridized carbons (Fsp3) is 0.500. The molecule has 1 aliphatic heterocycles. The largest absolute Gasteiger partial charge is 0.491 e. The Morgan fingerprint density at radius 1 is 0.964 bits per heavy atom. The second-order valence-electron chi connectivity index (χ2n) is 8.09. The Morgan fingerprint density at radius 2 is 1.57 bits per heavy atom. The second kappa shape index (κ2) is 10.8. The van der Waals surface area contributed by atoms with Gasteiger partial charge in [-0.1, -0.05) is 42.5 Å². The number of likely N-dealkylation sites (tertiary alicyclic amines) is 1. The molecular weight excluding hydrogens is 370 g/mol. The Morgan fingerprint density at radius 3 is 2.14 bits per heavy atom. The fourth-order valence-corrected chi connectivity index (χ4v) is 4.01. The standard InChI is InChI=1S/C24H33NO2.ClH/c1-18(2)27-23-11-9-22(10-12-23)24(26)19(3)25-15-13-21(14-16-25)17-20-7-5-4-6-8-20;/h4-12,18-19,21,24,26H,13-17H2,1-3H3;1H. The first-order valence-electron chi connectivity index (χ1n) is 10.3. The van der Waals surface area contributed by atoms with Gasteiger partial charge in [0.15, 0.2) is 0 Å². The molecule has 0 bridgehead atoms. The van der Waals surface area contributed by atoms with E-state index in [-0.39, 0.29) is 24.6 Å². The molecule has 2 unspecified atom stereocenters. The van der Waals surface area contributed by atoms with Crippen LogP contribution in [-0.2, 0) is 6.42 Å². The van der Waals surface area contributed by atoms with E-state index in [0.29, 0.717) is 0 Å². The van der Waals surface area contributed by atoms with Crippen LogP contribution in [0, 0.1) is 5.92 Å². The van der Waals surface area contributed by atoms with E-state index in [1.165, 1.54) is 24.8 Å². The third-order valence-electron chi connectivity index (χ3n) is 5.64. The molecule has 0 amide bonds. The van der Waals surface area contributed by atoms with Gasteiger partial charge >= 0.3 is 0 Å². The number of aliphatic hydroxyl groups is 1. The topological polar surface area (TPSA) is 32.7 Å². The third-order valence-corrected chi connectivity index (χ3v) is 5.64. The molecule has 28 heavy (non-hydrogen) atoms. The number of benzene rings is 2. The summed E-state index contributed by atoms with van der Waals surface area (Å²) >= 11 is 0. The number of hydrogen-bond donors (Lipinski definition) is 1. The fourth-order valence-electron chi connectivity index (χ4n) is 4.01. The summed E-state index contributed by atoms with van der Waals surface area (Å²) in [6.45, 7) is 8.30. The summed E-state index contributed by atoms with van der Waals surface area (Å²) < 4.78 is 5.69. The second-order valence-corrected chi connectivity index (χ2v) is 8.09. The molecule has 0 radical (unpaired) electrons. The van der Waals surface area contributed by atoms with Crippen LogP contribution < -0.4 is 4.74 Å². The molecule has 154 valence electrons. The Kier molecular flexibility index (Phi) is 8.81. The minimum Gasteiger partial charge on any atom is -0.491 e. The summed E-state index contributed by atoms with van der Waals surface area (Å²) in [6, 6.07) is 18.8. The van der Waals surface area contributed by atoms with Crippen molar-refractivity contribution in [1.82, 2.24) is 4.90 Å². The van der Waals surface area contributed by atoms with E-state index in [2.05, 4.69) is 42.2 Å². The molecule has 3 nitrogen and oxygen atoms in total. The highest BCUT2D eigenvalue weighted by molar-refractivity contribution is 5.85. The van der Waals surface area contributed by atoms with Gasteiger partial charge < -0.3 is 9.84 Å². The lowest BCUT2D eigenvalue weighted by Crippen LogP contribution is -2.43. The minimum atomic E-state index is -0.469. The van der Waals surface area contributed by atoms with Crippen molar-refractivity contribution in [2.75, 3.05) is 13.1 Å². The van der Waals surface area contributed by atoms with Crippen molar-refractivity contribution in [3.63, 3.8) is 0 Å². The first kappa shape index (κ1) is 22.7. The van der Waals surface area contributed by atoms with Crippen molar-refractivity contribution in [2.24, 2.45) is 5.92 Å². The lowest BCUT2D eigenvalue weighted by molar-refractivity contribution is 0.0373. The molecule has 1 saturated heterocycles. The summed E-state index contributed by atoms with van der Waals surface area (Å²) in [5, 5.41) is 10.8. The van der Waals surface area contributed by atoms with E-state index in [4.69, 9.17) is 4.74 Å². The molecule has 4 heteroatoms. The van der Waals surface area contributed by atoms with Crippen molar-refractivity contribution in [2.45, 2.75) is 58.3 Å². The molecule has 1 aliphatic rings. The molecule has 1 heterocycles. The van der Waals surface area contributed by atoms with Gasteiger partial charge in [-0.2, -0.15) is 0 Å². The summed E-state index contributed by atoms with van der Waals surface area (Å²) in [5.74, 6) is 1.61. The van der Waals surface area contributed by atoms with Crippen molar-refractivity contribution in [1.29, 1.82) is 0 Å². The molecule has 0 aliphatic carbocycles. The monoisotopic (exact) mass is 403 g/mol. The molecular formula is C24H34ClNO2. The van der Waals surface area contributed by atoms with Crippen LogP contribution in [-0.4, -0.2) is 35.2 Å². The maximum absolute atomic E-state index is 10.8. The molecule has 0 saturated carbocycles. The molecule has 3 rings (SSSR count). The minimum absolute atomic E-state index is 0. The van der Waals surface area contributed by atoms with Gasteiger partial charge in [0.05, 0.1) is 12.2 Å². The SMILES string of the molecule is CC(C)Oc1ccc(C(O)C(C)N2CCC(Cc3ccccc3)CC2)cc1.Cl. The average molecular weight is 404 g/mol. The van der Waals surface area contributed by atoms with Gasteiger partial charge in [-0.05, 0) is 82.3 Å². The van der Waals surface area contributed by atoms with Gasteiger partial charge in [0.25, 0.3) is 0 Å². The zero-order valence-electron chi connectivity index (χ0n) is 17.3. The molecule has 2 atom stereocenters. The Bertz CT molecular complexity index is 682. The van der Waals surface area contributed by atoms with Crippen LogP contribution in [0.3, 0.4) is 0 Å². The van der Waals surface area contributed by atoms with Gasteiger partial charge in [-0.3, -0.25) is 4.90 Å². The summed E-state index contributed by atoms with van der Waals surface area (Å²) in [5.41, 5.74) is 2.40. The Labute approximate surface area is 176 Å². The predicted molar refractivity (Wildman–Crippen MR) is 118 cm³/mol. The van der Waals surface area contributed by atoms with Gasteiger partial charge in [0, 0.05) is 6.04 Å². The van der Waals surface area contributed by atoms with Crippen molar-refractivity contribution in [3.05, 3.63) is 65.7 Å². The highest BCUT2D eigenvalue weighted by Crippen LogP contribution is 2.28. The Balaban J connectivity index is 0.00000280. The Hall–Kier alpha value is -1.55. The summed E-state index contributed by atoms with van der Waals surface area (Å²) in [4.78, 5) is 2.44. The van der Waals surface area contributed by atoms with Crippen LogP contribution in [0.5, 0.6) is 5.75 Å². The van der Waals surface area contributed by atoms with E-state index in [0.717, 1.165) is 30.3 Å². The van der Waals surface area contributed by atoms with E-state index in [1.54, 1.807) is 0 Å². The number of rotatable bonds is 7. The lowest BCUT2D eigenvalue weighted by atomic mass is 9.89. The van der Waals surface area contributed by atoms with E-state index >= 15 is 0 Å².